The standard InChI is InChI=1S/C20H20FNO2S/c1-12-10-15(12)18-5-3-14(24-18)4-7-20(23)22-17-8-9-25-19-6-2-13(21)11-16(17)19/h2-7,11-12,15,17H,8-10H2,1H3,(H,22,23)/b7-4+. The van der Waals surface area contributed by atoms with Gasteiger partial charge in [-0.3, -0.25) is 4.79 Å². The summed E-state index contributed by atoms with van der Waals surface area (Å²) in [5.41, 5.74) is 0.862. The Hall–Kier alpha value is -2.01. The van der Waals surface area contributed by atoms with Crippen molar-refractivity contribution in [1.29, 1.82) is 0 Å². The molecule has 0 spiro atoms. The van der Waals surface area contributed by atoms with Gasteiger partial charge in [-0.05, 0) is 60.7 Å². The molecular weight excluding hydrogens is 337 g/mol. The highest BCUT2D eigenvalue weighted by molar-refractivity contribution is 7.99. The summed E-state index contributed by atoms with van der Waals surface area (Å²) in [6, 6.07) is 8.50. The van der Waals surface area contributed by atoms with Crippen LogP contribution in [0, 0.1) is 11.7 Å². The number of carbonyl (C=O) groups is 1. The van der Waals surface area contributed by atoms with E-state index in [2.05, 4.69) is 12.2 Å². The molecule has 1 aliphatic carbocycles. The van der Waals surface area contributed by atoms with E-state index in [0.29, 0.717) is 17.6 Å². The van der Waals surface area contributed by atoms with Crippen molar-refractivity contribution in [2.45, 2.75) is 36.6 Å². The van der Waals surface area contributed by atoms with Gasteiger partial charge in [-0.15, -0.1) is 11.8 Å². The minimum absolute atomic E-state index is 0.149. The van der Waals surface area contributed by atoms with Crippen LogP contribution in [0.4, 0.5) is 4.39 Å². The van der Waals surface area contributed by atoms with Gasteiger partial charge in [0.2, 0.25) is 5.91 Å². The van der Waals surface area contributed by atoms with Gasteiger partial charge in [0.25, 0.3) is 0 Å². The van der Waals surface area contributed by atoms with Crippen LogP contribution in [-0.4, -0.2) is 11.7 Å². The van der Waals surface area contributed by atoms with Crippen LogP contribution < -0.4 is 5.32 Å². The fourth-order valence-corrected chi connectivity index (χ4v) is 4.37. The second-order valence-electron chi connectivity index (χ2n) is 6.77. The largest absolute Gasteiger partial charge is 0.461 e. The second kappa shape index (κ2) is 6.71. The van der Waals surface area contributed by atoms with Crippen LogP contribution in [0.25, 0.3) is 6.08 Å². The van der Waals surface area contributed by atoms with E-state index >= 15 is 0 Å². The third kappa shape index (κ3) is 3.66. The molecule has 4 rings (SSSR count). The SMILES string of the molecule is CC1CC1c1ccc(/C=C/C(=O)NC2CCSc3ccc(F)cc32)o1. The molecule has 1 aliphatic heterocycles. The highest BCUT2D eigenvalue weighted by Gasteiger charge is 2.36. The number of hydrogen-bond donors (Lipinski definition) is 1. The van der Waals surface area contributed by atoms with Crippen LogP contribution in [0.1, 0.15) is 48.8 Å². The third-order valence-electron chi connectivity index (χ3n) is 4.85. The first-order chi connectivity index (χ1) is 12.1. The first-order valence-corrected chi connectivity index (χ1v) is 9.59. The molecule has 1 aromatic carbocycles. The average Bonchev–Trinajstić information content (AvgIpc) is 3.14. The third-order valence-corrected chi connectivity index (χ3v) is 5.97. The summed E-state index contributed by atoms with van der Waals surface area (Å²) >= 11 is 1.70. The van der Waals surface area contributed by atoms with Crippen LogP contribution in [0.5, 0.6) is 0 Å². The van der Waals surface area contributed by atoms with Crippen LogP contribution in [0.3, 0.4) is 0 Å². The Balaban J connectivity index is 1.41. The first kappa shape index (κ1) is 16.5. The molecule has 1 saturated carbocycles. The van der Waals surface area contributed by atoms with Crippen LogP contribution >= 0.6 is 11.8 Å². The molecule has 0 bridgehead atoms. The molecule has 1 aromatic heterocycles. The van der Waals surface area contributed by atoms with E-state index in [4.69, 9.17) is 4.42 Å². The summed E-state index contributed by atoms with van der Waals surface area (Å²) < 4.78 is 19.3. The molecule has 1 amide bonds. The van der Waals surface area contributed by atoms with Crippen molar-refractivity contribution < 1.29 is 13.6 Å². The number of carbonyl (C=O) groups excluding carboxylic acids is 1. The van der Waals surface area contributed by atoms with E-state index in [-0.39, 0.29) is 17.8 Å². The van der Waals surface area contributed by atoms with Crippen molar-refractivity contribution in [2.24, 2.45) is 5.92 Å². The molecule has 2 aliphatic rings. The minimum atomic E-state index is -0.270. The van der Waals surface area contributed by atoms with E-state index < -0.39 is 0 Å². The van der Waals surface area contributed by atoms with Gasteiger partial charge in [-0.2, -0.15) is 0 Å². The van der Waals surface area contributed by atoms with Gasteiger partial charge in [0.05, 0.1) is 6.04 Å². The number of nitrogens with one attached hydrogen (secondary N) is 1. The van der Waals surface area contributed by atoms with Gasteiger partial charge < -0.3 is 9.73 Å². The molecule has 3 atom stereocenters. The molecule has 1 N–H and O–H groups in total. The number of amides is 1. The lowest BCUT2D eigenvalue weighted by Gasteiger charge is -2.25. The number of thioether (sulfide) groups is 1. The lowest BCUT2D eigenvalue weighted by molar-refractivity contribution is -0.117. The average molecular weight is 357 g/mol. The maximum Gasteiger partial charge on any atom is 0.244 e. The van der Waals surface area contributed by atoms with Crippen molar-refractivity contribution in [3.63, 3.8) is 0 Å². The Kier molecular flexibility index (Phi) is 4.42. The van der Waals surface area contributed by atoms with E-state index in [1.165, 1.54) is 24.6 Å². The zero-order chi connectivity index (χ0) is 17.4. The molecule has 2 heterocycles. The molecule has 1 fully saturated rings. The maximum atomic E-state index is 13.5. The molecule has 130 valence electrons. The number of rotatable bonds is 4. The van der Waals surface area contributed by atoms with Crippen LogP contribution in [0.15, 0.2) is 45.7 Å². The summed E-state index contributed by atoms with van der Waals surface area (Å²) in [5, 5.41) is 2.97. The molecule has 3 nitrogen and oxygen atoms in total. The molecule has 5 heteroatoms. The minimum Gasteiger partial charge on any atom is -0.461 e. The van der Waals surface area contributed by atoms with E-state index in [1.807, 2.05) is 12.1 Å². The van der Waals surface area contributed by atoms with Crippen molar-refractivity contribution in [2.75, 3.05) is 5.75 Å². The second-order valence-corrected chi connectivity index (χ2v) is 7.91. The number of benzene rings is 1. The normalized spacial score (nSPS) is 25.0. The van der Waals surface area contributed by atoms with Crippen molar-refractivity contribution in [1.82, 2.24) is 5.32 Å². The maximum absolute atomic E-state index is 13.5. The first-order valence-electron chi connectivity index (χ1n) is 8.61. The van der Waals surface area contributed by atoms with E-state index in [0.717, 1.165) is 28.4 Å². The molecule has 0 radical (unpaired) electrons. The number of halogens is 1. The zero-order valence-corrected chi connectivity index (χ0v) is 14.8. The fraction of sp³-hybridized carbons (Fsp3) is 0.350. The van der Waals surface area contributed by atoms with Crippen LogP contribution in [-0.2, 0) is 4.79 Å². The van der Waals surface area contributed by atoms with E-state index in [9.17, 15) is 9.18 Å². The molecule has 3 unspecified atom stereocenters. The zero-order valence-electron chi connectivity index (χ0n) is 14.0. The summed E-state index contributed by atoms with van der Waals surface area (Å²) in [4.78, 5) is 13.3. The van der Waals surface area contributed by atoms with Crippen molar-refractivity contribution in [3.05, 3.63) is 59.3 Å². The Morgan fingerprint density at radius 2 is 2.20 bits per heavy atom. The van der Waals surface area contributed by atoms with Gasteiger partial charge in [-0.1, -0.05) is 6.92 Å². The van der Waals surface area contributed by atoms with Crippen molar-refractivity contribution in [3.8, 4) is 0 Å². The smallest absolute Gasteiger partial charge is 0.244 e. The van der Waals surface area contributed by atoms with Crippen molar-refractivity contribution >= 4 is 23.7 Å². The van der Waals surface area contributed by atoms with Gasteiger partial charge >= 0.3 is 0 Å². The Bertz CT molecular complexity index is 829. The Morgan fingerprint density at radius 3 is 3.00 bits per heavy atom. The predicted molar refractivity (Wildman–Crippen MR) is 96.9 cm³/mol. The lowest BCUT2D eigenvalue weighted by atomic mass is 10.0. The van der Waals surface area contributed by atoms with Crippen LogP contribution in [0.2, 0.25) is 0 Å². The number of hydrogen-bond acceptors (Lipinski definition) is 3. The summed E-state index contributed by atoms with van der Waals surface area (Å²) in [5.74, 6) is 3.36. The quantitative estimate of drug-likeness (QED) is 0.791. The van der Waals surface area contributed by atoms with Gasteiger partial charge in [-0.25, -0.2) is 4.39 Å². The highest BCUT2D eigenvalue weighted by atomic mass is 32.2. The van der Waals surface area contributed by atoms with Gasteiger partial charge in [0.1, 0.15) is 17.3 Å². The highest BCUT2D eigenvalue weighted by Crippen LogP contribution is 2.47. The predicted octanol–water partition coefficient (Wildman–Crippen LogP) is 4.91. The Labute approximate surface area is 150 Å². The molecule has 0 saturated heterocycles. The monoisotopic (exact) mass is 357 g/mol. The Morgan fingerprint density at radius 1 is 1.36 bits per heavy atom. The summed E-state index contributed by atoms with van der Waals surface area (Å²) in [6.07, 6.45) is 5.15. The van der Waals surface area contributed by atoms with Gasteiger partial charge in [0.15, 0.2) is 0 Å². The topological polar surface area (TPSA) is 42.2 Å². The number of fused-ring (bicyclic) bond motifs is 1. The number of furan rings is 1. The fourth-order valence-electron chi connectivity index (χ4n) is 3.27. The van der Waals surface area contributed by atoms with E-state index in [1.54, 1.807) is 23.9 Å². The molecular formula is C20H20FNO2S. The lowest BCUT2D eigenvalue weighted by Crippen LogP contribution is -2.29. The van der Waals surface area contributed by atoms with Gasteiger partial charge in [0, 0.05) is 22.6 Å². The molecule has 2 aromatic rings. The summed E-state index contributed by atoms with van der Waals surface area (Å²) in [6.45, 7) is 2.21. The summed E-state index contributed by atoms with van der Waals surface area (Å²) in [7, 11) is 0. The molecule has 25 heavy (non-hydrogen) atoms.